The third-order valence-corrected chi connectivity index (χ3v) is 4.71. The van der Waals surface area contributed by atoms with Crippen LogP contribution in [0, 0.1) is 0 Å². The van der Waals surface area contributed by atoms with Crippen molar-refractivity contribution in [3.8, 4) is 0 Å². The maximum absolute atomic E-state index is 10.9. The van der Waals surface area contributed by atoms with Gasteiger partial charge in [0.1, 0.15) is 0 Å². The molecule has 4 rings (SSSR count). The Labute approximate surface area is 201 Å². The number of hydrogen-bond donors (Lipinski definition) is 0. The van der Waals surface area contributed by atoms with Crippen molar-refractivity contribution in [2.75, 3.05) is 0 Å². The van der Waals surface area contributed by atoms with Crippen LogP contribution in [0.1, 0.15) is 41.4 Å². The molecule has 0 bridgehead atoms. The van der Waals surface area contributed by atoms with Crippen LogP contribution in [0.5, 0.6) is 0 Å². The molecule has 33 heavy (non-hydrogen) atoms. The van der Waals surface area contributed by atoms with Gasteiger partial charge in [-0.1, -0.05) is 72.8 Å². The van der Waals surface area contributed by atoms with Crippen LogP contribution in [-0.4, -0.2) is 23.9 Å². The molecule has 0 fully saturated rings. The molecule has 0 saturated heterocycles. The normalized spacial score (nSPS) is 9.94. The van der Waals surface area contributed by atoms with Crippen LogP contribution < -0.4 is 20.4 Å². The van der Waals surface area contributed by atoms with E-state index in [-0.39, 0.29) is 44.0 Å². The number of aromatic carboxylic acids is 4. The van der Waals surface area contributed by atoms with E-state index in [2.05, 4.69) is 0 Å². The van der Waals surface area contributed by atoms with E-state index < -0.39 is 23.9 Å². The average Bonchev–Trinajstić information content (AvgIpc) is 2.77. The van der Waals surface area contributed by atoms with Gasteiger partial charge in [0.25, 0.3) is 0 Å². The summed E-state index contributed by atoms with van der Waals surface area (Å²) in [6.45, 7) is 0. The summed E-state index contributed by atoms with van der Waals surface area (Å²) in [7, 11) is 0. The number of hydrogen-bond acceptors (Lipinski definition) is 8. The Morgan fingerprint density at radius 3 is 1.09 bits per heavy atom. The monoisotopic (exact) mass is 476 g/mol. The quantitative estimate of drug-likeness (QED) is 0.344. The fourth-order valence-corrected chi connectivity index (χ4v) is 3.32. The molecule has 0 heterocycles. The van der Waals surface area contributed by atoms with Crippen molar-refractivity contribution >= 4 is 45.4 Å². The molecule has 0 aliphatic rings. The fraction of sp³-hybridized carbons (Fsp3) is 0. The molecule has 0 unspecified atom stereocenters. The Kier molecular flexibility index (Phi) is 8.07. The van der Waals surface area contributed by atoms with Gasteiger partial charge in [-0.25, -0.2) is 0 Å². The van der Waals surface area contributed by atoms with E-state index in [1.54, 1.807) is 36.4 Å². The first-order chi connectivity index (χ1) is 15.2. The second-order valence-corrected chi connectivity index (χ2v) is 6.57. The summed E-state index contributed by atoms with van der Waals surface area (Å²) in [6.07, 6.45) is 0. The van der Waals surface area contributed by atoms with E-state index in [0.717, 1.165) is 0 Å². The zero-order valence-corrected chi connectivity index (χ0v) is 18.3. The molecular weight excluding hydrogens is 464 g/mol. The van der Waals surface area contributed by atoms with Crippen LogP contribution in [0.2, 0.25) is 0 Å². The Hall–Kier alpha value is -4.01. The van der Waals surface area contributed by atoms with Gasteiger partial charge in [0.05, 0.1) is 23.9 Å². The molecule has 0 spiro atoms. The van der Waals surface area contributed by atoms with E-state index >= 15 is 0 Å². The van der Waals surface area contributed by atoms with Crippen molar-refractivity contribution in [1.82, 2.24) is 0 Å². The van der Waals surface area contributed by atoms with Crippen LogP contribution in [0.4, 0.5) is 0 Å². The summed E-state index contributed by atoms with van der Waals surface area (Å²) in [5.74, 6) is -6.08. The molecule has 9 heteroatoms. The topological polar surface area (TPSA) is 161 Å². The molecule has 0 aromatic heterocycles. The van der Waals surface area contributed by atoms with Crippen molar-refractivity contribution < 1.29 is 61.3 Å². The zero-order valence-electron chi connectivity index (χ0n) is 16.7. The van der Waals surface area contributed by atoms with Crippen molar-refractivity contribution in [3.05, 3.63) is 95.1 Å². The molecule has 0 aliphatic heterocycles. The van der Waals surface area contributed by atoms with Crippen molar-refractivity contribution in [3.63, 3.8) is 0 Å². The molecule has 0 saturated carbocycles. The Bertz CT molecular complexity index is 1290. The number of carbonyl (C=O) groups is 4. The van der Waals surface area contributed by atoms with Gasteiger partial charge in [-0.15, -0.1) is 0 Å². The first-order valence-electron chi connectivity index (χ1n) is 9.11. The maximum Gasteiger partial charge on any atom is 4.00 e. The third kappa shape index (κ3) is 5.26. The number of carbonyl (C=O) groups excluding carboxylic acids is 4. The van der Waals surface area contributed by atoms with E-state index in [9.17, 15) is 39.6 Å². The minimum absolute atomic E-state index is 0. The summed E-state index contributed by atoms with van der Waals surface area (Å²) >= 11 is 0. The van der Waals surface area contributed by atoms with Gasteiger partial charge in [0.2, 0.25) is 0 Å². The molecule has 8 nitrogen and oxygen atoms in total. The number of carboxylic acids is 4. The summed E-state index contributed by atoms with van der Waals surface area (Å²) in [4.78, 5) is 43.4. The first kappa shape index (κ1) is 25.3. The van der Waals surface area contributed by atoms with E-state index in [1.165, 1.54) is 36.4 Å². The maximum atomic E-state index is 10.9. The third-order valence-electron chi connectivity index (χ3n) is 4.71. The summed E-state index contributed by atoms with van der Waals surface area (Å²) in [5, 5.41) is 45.4. The van der Waals surface area contributed by atoms with Crippen LogP contribution in [0.3, 0.4) is 0 Å². The predicted molar refractivity (Wildman–Crippen MR) is 105 cm³/mol. The average molecular weight is 476 g/mol. The van der Waals surface area contributed by atoms with Crippen LogP contribution >= 0.6 is 0 Å². The molecule has 0 radical (unpaired) electrons. The largest absolute Gasteiger partial charge is 4.00 e. The van der Waals surface area contributed by atoms with Crippen LogP contribution in [0.25, 0.3) is 21.5 Å². The zero-order chi connectivity index (χ0) is 23.4. The summed E-state index contributed by atoms with van der Waals surface area (Å²) in [5.41, 5.74) is -1.39. The van der Waals surface area contributed by atoms with E-state index in [4.69, 9.17) is 0 Å². The smallest absolute Gasteiger partial charge is 0.545 e. The number of carboxylic acid groups (broad SMARTS) is 4. The Balaban J connectivity index is 0.000000227. The molecule has 4 aromatic rings. The van der Waals surface area contributed by atoms with Gasteiger partial charge >= 0.3 is 21.7 Å². The molecule has 0 amide bonds. The second kappa shape index (κ2) is 10.5. The van der Waals surface area contributed by atoms with Gasteiger partial charge in [0.15, 0.2) is 0 Å². The number of rotatable bonds is 4. The van der Waals surface area contributed by atoms with Gasteiger partial charge < -0.3 is 39.6 Å². The Morgan fingerprint density at radius 1 is 0.455 bits per heavy atom. The van der Waals surface area contributed by atoms with E-state index in [0.29, 0.717) is 21.5 Å². The molecule has 0 atom stereocenters. The van der Waals surface area contributed by atoms with Crippen molar-refractivity contribution in [2.24, 2.45) is 0 Å². The first-order valence-corrected chi connectivity index (χ1v) is 9.11. The summed E-state index contributed by atoms with van der Waals surface area (Å²) < 4.78 is 0. The van der Waals surface area contributed by atoms with Gasteiger partial charge in [-0.2, -0.15) is 0 Å². The minimum atomic E-state index is -1.52. The van der Waals surface area contributed by atoms with Crippen molar-refractivity contribution in [2.45, 2.75) is 0 Å². The van der Waals surface area contributed by atoms with Gasteiger partial charge in [-0.3, -0.25) is 0 Å². The molecule has 4 aromatic carbocycles. The molecule has 0 N–H and O–H groups in total. The molecule has 0 aliphatic carbocycles. The number of benzene rings is 4. The standard InChI is InChI=1S/2C12H8O4.Ti/c2*13-11(14)9-6-5-7-3-1-2-4-8(7)10(9)12(15)16;/h2*1-6H,(H,13,14)(H,15,16);/q;;+4/p-4. The minimum Gasteiger partial charge on any atom is -0.545 e. The number of fused-ring (bicyclic) bond motifs is 2. The van der Waals surface area contributed by atoms with Crippen LogP contribution in [-0.2, 0) is 21.7 Å². The van der Waals surface area contributed by atoms with Crippen LogP contribution in [0.15, 0.2) is 72.8 Å². The molecule has 160 valence electrons. The predicted octanol–water partition coefficient (Wildman–Crippen LogP) is -0.869. The SMILES string of the molecule is O=C([O-])c1ccc2ccccc2c1C(=O)[O-].O=C([O-])c1ccc2ccccc2c1C(=O)[O-].[Ti+4]. The molecular formula is C24H12O8Ti. The summed E-state index contributed by atoms with van der Waals surface area (Å²) in [6, 6.07) is 18.7. The Morgan fingerprint density at radius 2 is 0.788 bits per heavy atom. The van der Waals surface area contributed by atoms with E-state index in [1.807, 2.05) is 0 Å². The fourth-order valence-electron chi connectivity index (χ4n) is 3.32. The van der Waals surface area contributed by atoms with Gasteiger partial charge in [0, 0.05) is 22.3 Å². The second-order valence-electron chi connectivity index (χ2n) is 6.57. The van der Waals surface area contributed by atoms with Gasteiger partial charge in [-0.05, 0) is 21.5 Å². The van der Waals surface area contributed by atoms with Crippen molar-refractivity contribution in [1.29, 1.82) is 0 Å².